The maximum Gasteiger partial charge on any atom is 0.288 e. The standard InChI is InChI=1S/C21H13ClN4O3/c22-17-11-10-14(12-19(17)26(28)29)13-23-25-20(15-6-2-1-3-7-15)24-18-9-5-4-8-16(18)21(25)27/h1-13H. The normalized spacial score (nSPS) is 11.2. The molecule has 0 amide bonds. The smallest absolute Gasteiger partial charge is 0.267 e. The number of hydrogen-bond acceptors (Lipinski definition) is 5. The van der Waals surface area contributed by atoms with Gasteiger partial charge in [0, 0.05) is 17.2 Å². The van der Waals surface area contributed by atoms with Crippen molar-refractivity contribution >= 4 is 34.4 Å². The van der Waals surface area contributed by atoms with Crippen LogP contribution in [0.3, 0.4) is 0 Å². The molecular formula is C21H13ClN4O3. The van der Waals surface area contributed by atoms with Gasteiger partial charge >= 0.3 is 0 Å². The molecule has 7 nitrogen and oxygen atoms in total. The largest absolute Gasteiger partial charge is 0.288 e. The zero-order valence-corrected chi connectivity index (χ0v) is 15.7. The number of nitro groups is 1. The van der Waals surface area contributed by atoms with E-state index < -0.39 is 4.92 Å². The monoisotopic (exact) mass is 404 g/mol. The molecular weight excluding hydrogens is 392 g/mol. The lowest BCUT2D eigenvalue weighted by molar-refractivity contribution is -0.384. The Kier molecular flexibility index (Phi) is 4.88. The van der Waals surface area contributed by atoms with Crippen molar-refractivity contribution in [2.45, 2.75) is 0 Å². The fraction of sp³-hybridized carbons (Fsp3) is 0. The molecule has 0 N–H and O–H groups in total. The molecule has 3 aromatic carbocycles. The minimum absolute atomic E-state index is 0.0293. The van der Waals surface area contributed by atoms with Gasteiger partial charge in [0.2, 0.25) is 0 Å². The van der Waals surface area contributed by atoms with Crippen molar-refractivity contribution in [3.05, 3.63) is 104 Å². The first kappa shape index (κ1) is 18.5. The Balaban J connectivity index is 1.90. The SMILES string of the molecule is O=c1c2ccccc2nc(-c2ccccc2)n1N=Cc1ccc(Cl)c([N+](=O)[O-])c1. The summed E-state index contributed by atoms with van der Waals surface area (Å²) < 4.78 is 1.19. The lowest BCUT2D eigenvalue weighted by Crippen LogP contribution is -2.20. The van der Waals surface area contributed by atoms with E-state index >= 15 is 0 Å². The summed E-state index contributed by atoms with van der Waals surface area (Å²) in [6, 6.07) is 20.5. The van der Waals surface area contributed by atoms with Gasteiger partial charge in [-0.15, -0.1) is 0 Å². The third-order valence-corrected chi connectivity index (χ3v) is 4.59. The van der Waals surface area contributed by atoms with Crippen molar-refractivity contribution in [2.24, 2.45) is 5.10 Å². The van der Waals surface area contributed by atoms with Crippen molar-refractivity contribution in [1.29, 1.82) is 0 Å². The number of benzene rings is 3. The van der Waals surface area contributed by atoms with Gasteiger partial charge in [-0.1, -0.05) is 60.1 Å². The maximum atomic E-state index is 13.1. The predicted molar refractivity (Wildman–Crippen MR) is 113 cm³/mol. The molecule has 8 heteroatoms. The van der Waals surface area contributed by atoms with Gasteiger partial charge in [0.15, 0.2) is 5.82 Å². The lowest BCUT2D eigenvalue weighted by atomic mass is 10.2. The minimum atomic E-state index is -0.571. The highest BCUT2D eigenvalue weighted by Crippen LogP contribution is 2.24. The summed E-state index contributed by atoms with van der Waals surface area (Å²) in [5.41, 5.74) is 1.14. The second kappa shape index (κ2) is 7.65. The van der Waals surface area contributed by atoms with Crippen LogP contribution in [0.25, 0.3) is 22.3 Å². The van der Waals surface area contributed by atoms with E-state index in [0.717, 1.165) is 5.56 Å². The zero-order chi connectivity index (χ0) is 20.4. The number of aromatic nitrogens is 2. The highest BCUT2D eigenvalue weighted by molar-refractivity contribution is 6.32. The Bertz CT molecular complexity index is 1320. The molecule has 4 aromatic rings. The van der Waals surface area contributed by atoms with Crippen molar-refractivity contribution in [3.8, 4) is 11.4 Å². The molecule has 0 unspecified atom stereocenters. The van der Waals surface area contributed by atoms with Crippen LogP contribution in [-0.2, 0) is 0 Å². The number of para-hydroxylation sites is 1. The highest BCUT2D eigenvalue weighted by Gasteiger charge is 2.14. The second-order valence-corrected chi connectivity index (χ2v) is 6.56. The molecule has 0 aliphatic carbocycles. The van der Waals surface area contributed by atoms with Gasteiger partial charge in [-0.05, 0) is 18.2 Å². The van der Waals surface area contributed by atoms with Gasteiger partial charge in [0.05, 0.1) is 22.0 Å². The van der Waals surface area contributed by atoms with Crippen molar-refractivity contribution < 1.29 is 4.92 Å². The van der Waals surface area contributed by atoms with Gasteiger partial charge in [0.1, 0.15) is 5.02 Å². The summed E-state index contributed by atoms with van der Waals surface area (Å²) in [4.78, 5) is 28.2. The fourth-order valence-electron chi connectivity index (χ4n) is 2.88. The van der Waals surface area contributed by atoms with Crippen molar-refractivity contribution in [1.82, 2.24) is 9.66 Å². The molecule has 0 aliphatic rings. The number of rotatable bonds is 4. The third-order valence-electron chi connectivity index (χ3n) is 4.27. The minimum Gasteiger partial charge on any atom is -0.267 e. The van der Waals surface area contributed by atoms with E-state index in [1.165, 1.54) is 23.0 Å². The Morgan fingerprint density at radius 3 is 2.52 bits per heavy atom. The average Bonchev–Trinajstić information content (AvgIpc) is 2.74. The molecule has 29 heavy (non-hydrogen) atoms. The van der Waals surface area contributed by atoms with Gasteiger partial charge in [0.25, 0.3) is 11.2 Å². The first-order chi connectivity index (χ1) is 14.0. The van der Waals surface area contributed by atoms with Crippen LogP contribution in [0.15, 0.2) is 82.7 Å². The molecule has 0 fully saturated rings. The van der Waals surface area contributed by atoms with Crippen LogP contribution < -0.4 is 5.56 Å². The molecule has 1 heterocycles. The topological polar surface area (TPSA) is 90.4 Å². The summed E-state index contributed by atoms with van der Waals surface area (Å²) in [7, 11) is 0. The third kappa shape index (κ3) is 3.63. The van der Waals surface area contributed by atoms with Crippen molar-refractivity contribution in [3.63, 3.8) is 0 Å². The molecule has 0 saturated carbocycles. The molecule has 4 rings (SSSR count). The number of nitrogens with zero attached hydrogens (tertiary/aromatic N) is 4. The number of hydrogen-bond donors (Lipinski definition) is 0. The molecule has 0 radical (unpaired) electrons. The molecule has 0 spiro atoms. The molecule has 0 bridgehead atoms. The van der Waals surface area contributed by atoms with Gasteiger partial charge in [-0.3, -0.25) is 14.9 Å². The Labute approximate surface area is 169 Å². The number of halogens is 1. The quantitative estimate of drug-likeness (QED) is 0.284. The van der Waals surface area contributed by atoms with Crippen LogP contribution in [-0.4, -0.2) is 20.8 Å². The Hall–Kier alpha value is -3.84. The molecule has 1 aromatic heterocycles. The summed E-state index contributed by atoms with van der Waals surface area (Å²) in [6.45, 7) is 0. The van der Waals surface area contributed by atoms with Crippen LogP contribution in [0.2, 0.25) is 5.02 Å². The summed E-state index contributed by atoms with van der Waals surface area (Å²) in [5.74, 6) is 0.369. The van der Waals surface area contributed by atoms with E-state index in [9.17, 15) is 14.9 Å². The summed E-state index contributed by atoms with van der Waals surface area (Å²) in [6.07, 6.45) is 1.37. The predicted octanol–water partition coefficient (Wildman–Crippen LogP) is 4.51. The van der Waals surface area contributed by atoms with E-state index in [4.69, 9.17) is 11.6 Å². The maximum absolute atomic E-state index is 13.1. The summed E-state index contributed by atoms with van der Waals surface area (Å²) >= 11 is 5.85. The second-order valence-electron chi connectivity index (χ2n) is 6.15. The van der Waals surface area contributed by atoms with E-state index in [1.807, 2.05) is 36.4 Å². The molecule has 142 valence electrons. The van der Waals surface area contributed by atoms with Crippen LogP contribution in [0.5, 0.6) is 0 Å². The summed E-state index contributed by atoms with van der Waals surface area (Å²) in [5, 5.41) is 15.8. The molecule has 0 aliphatic heterocycles. The van der Waals surface area contributed by atoms with Crippen molar-refractivity contribution in [2.75, 3.05) is 0 Å². The lowest BCUT2D eigenvalue weighted by Gasteiger charge is -2.09. The van der Waals surface area contributed by atoms with Gasteiger partial charge in [-0.25, -0.2) is 4.98 Å². The van der Waals surface area contributed by atoms with Crippen LogP contribution >= 0.6 is 11.6 Å². The number of nitro benzene ring substituents is 1. The average molecular weight is 405 g/mol. The van der Waals surface area contributed by atoms with Crippen LogP contribution in [0.1, 0.15) is 5.56 Å². The number of fused-ring (bicyclic) bond motifs is 1. The van der Waals surface area contributed by atoms with Crippen LogP contribution in [0.4, 0.5) is 5.69 Å². The van der Waals surface area contributed by atoms with E-state index in [0.29, 0.717) is 22.3 Å². The fourth-order valence-corrected chi connectivity index (χ4v) is 3.07. The van der Waals surface area contributed by atoms with E-state index in [1.54, 1.807) is 24.3 Å². The Morgan fingerprint density at radius 2 is 1.76 bits per heavy atom. The van der Waals surface area contributed by atoms with Gasteiger partial charge in [-0.2, -0.15) is 9.78 Å². The van der Waals surface area contributed by atoms with Crippen LogP contribution in [0, 0.1) is 10.1 Å². The molecule has 0 atom stereocenters. The highest BCUT2D eigenvalue weighted by atomic mass is 35.5. The van der Waals surface area contributed by atoms with E-state index in [2.05, 4.69) is 10.1 Å². The molecule has 0 saturated heterocycles. The first-order valence-corrected chi connectivity index (χ1v) is 8.98. The first-order valence-electron chi connectivity index (χ1n) is 8.60. The van der Waals surface area contributed by atoms with Gasteiger partial charge < -0.3 is 0 Å². The zero-order valence-electron chi connectivity index (χ0n) is 14.9. The Morgan fingerprint density at radius 1 is 1.03 bits per heavy atom. The van der Waals surface area contributed by atoms with E-state index in [-0.39, 0.29) is 16.3 Å².